The van der Waals surface area contributed by atoms with Crippen molar-refractivity contribution in [3.63, 3.8) is 0 Å². The second-order valence-corrected chi connectivity index (χ2v) is 4.24. The zero-order valence-corrected chi connectivity index (χ0v) is 10.4. The van der Waals surface area contributed by atoms with Crippen molar-refractivity contribution < 1.29 is 4.39 Å². The van der Waals surface area contributed by atoms with E-state index in [0.29, 0.717) is 10.6 Å². The predicted octanol–water partition coefficient (Wildman–Crippen LogP) is 2.52. The Bertz CT molecular complexity index is 524. The summed E-state index contributed by atoms with van der Waals surface area (Å²) in [6, 6.07) is 6.07. The van der Waals surface area contributed by atoms with Crippen LogP contribution in [0, 0.1) is 5.82 Å². The molecule has 0 bridgehead atoms. The molecule has 17 heavy (non-hydrogen) atoms. The predicted molar refractivity (Wildman–Crippen MR) is 65.5 cm³/mol. The van der Waals surface area contributed by atoms with Crippen LogP contribution in [0.4, 0.5) is 4.39 Å². The average Bonchev–Trinajstić information content (AvgIpc) is 2.71. The van der Waals surface area contributed by atoms with Crippen molar-refractivity contribution in [2.45, 2.75) is 6.04 Å². The number of benzene rings is 1. The van der Waals surface area contributed by atoms with Gasteiger partial charge in [-0.15, -0.1) is 0 Å². The SMILES string of the molecule is CNC(c1ccn(C)n1)c1cc(Cl)ccc1F. The molecule has 1 atom stereocenters. The van der Waals surface area contributed by atoms with Gasteiger partial charge >= 0.3 is 0 Å². The van der Waals surface area contributed by atoms with Crippen molar-refractivity contribution in [2.24, 2.45) is 7.05 Å². The Labute approximate surface area is 104 Å². The molecule has 0 spiro atoms. The Kier molecular flexibility index (Phi) is 3.45. The van der Waals surface area contributed by atoms with Gasteiger partial charge in [0.1, 0.15) is 5.82 Å². The quantitative estimate of drug-likeness (QED) is 0.911. The lowest BCUT2D eigenvalue weighted by molar-refractivity contribution is 0.565. The minimum atomic E-state index is -0.296. The van der Waals surface area contributed by atoms with E-state index in [9.17, 15) is 4.39 Å². The Balaban J connectivity index is 2.45. The number of hydrogen-bond donors (Lipinski definition) is 1. The number of aryl methyl sites for hydroxylation is 1. The molecule has 0 saturated heterocycles. The van der Waals surface area contributed by atoms with Gasteiger partial charge in [0, 0.05) is 23.8 Å². The maximum absolute atomic E-state index is 13.8. The van der Waals surface area contributed by atoms with Gasteiger partial charge in [0.2, 0.25) is 0 Å². The molecule has 5 heteroatoms. The minimum absolute atomic E-state index is 0.292. The largest absolute Gasteiger partial charge is 0.308 e. The molecule has 0 saturated carbocycles. The topological polar surface area (TPSA) is 29.9 Å². The lowest BCUT2D eigenvalue weighted by atomic mass is 10.0. The number of hydrogen-bond acceptors (Lipinski definition) is 2. The zero-order chi connectivity index (χ0) is 12.4. The Morgan fingerprint density at radius 1 is 1.41 bits per heavy atom. The first-order chi connectivity index (χ1) is 8.11. The first-order valence-corrected chi connectivity index (χ1v) is 5.61. The van der Waals surface area contributed by atoms with Crippen LogP contribution in [0.25, 0.3) is 0 Å². The molecular formula is C12H13ClFN3. The lowest BCUT2D eigenvalue weighted by Gasteiger charge is -2.15. The third-order valence-corrected chi connectivity index (χ3v) is 2.82. The molecule has 1 N–H and O–H groups in total. The molecule has 0 radical (unpaired) electrons. The highest BCUT2D eigenvalue weighted by molar-refractivity contribution is 6.30. The number of rotatable bonds is 3. The maximum Gasteiger partial charge on any atom is 0.128 e. The Hall–Kier alpha value is -1.39. The van der Waals surface area contributed by atoms with E-state index in [1.165, 1.54) is 12.1 Å². The van der Waals surface area contributed by atoms with Crippen LogP contribution in [0.5, 0.6) is 0 Å². The molecule has 0 aliphatic heterocycles. The summed E-state index contributed by atoms with van der Waals surface area (Å²) in [5.41, 5.74) is 1.26. The number of nitrogens with zero attached hydrogens (tertiary/aromatic N) is 2. The molecule has 1 unspecified atom stereocenters. The molecule has 1 aromatic carbocycles. The van der Waals surface area contributed by atoms with Crippen molar-refractivity contribution in [3.05, 3.63) is 52.6 Å². The molecule has 1 heterocycles. The van der Waals surface area contributed by atoms with Crippen molar-refractivity contribution >= 4 is 11.6 Å². The van der Waals surface area contributed by atoms with Crippen molar-refractivity contribution in [1.29, 1.82) is 0 Å². The summed E-state index contributed by atoms with van der Waals surface area (Å²) in [4.78, 5) is 0. The van der Waals surface area contributed by atoms with Crippen molar-refractivity contribution in [1.82, 2.24) is 15.1 Å². The molecule has 0 aliphatic carbocycles. The van der Waals surface area contributed by atoms with E-state index in [4.69, 9.17) is 11.6 Å². The third-order valence-electron chi connectivity index (χ3n) is 2.59. The van der Waals surface area contributed by atoms with E-state index in [-0.39, 0.29) is 11.9 Å². The summed E-state index contributed by atoms with van der Waals surface area (Å²) in [5.74, 6) is -0.292. The van der Waals surface area contributed by atoms with Crippen molar-refractivity contribution in [3.8, 4) is 0 Å². The summed E-state index contributed by atoms with van der Waals surface area (Å²) < 4.78 is 15.4. The van der Waals surface area contributed by atoms with E-state index >= 15 is 0 Å². The fourth-order valence-electron chi connectivity index (χ4n) is 1.79. The van der Waals surface area contributed by atoms with Gasteiger partial charge in [-0.05, 0) is 31.3 Å². The van der Waals surface area contributed by atoms with Gasteiger partial charge in [-0.1, -0.05) is 11.6 Å². The summed E-state index contributed by atoms with van der Waals surface area (Å²) in [6.45, 7) is 0. The molecule has 2 rings (SSSR count). The second-order valence-electron chi connectivity index (χ2n) is 3.80. The van der Waals surface area contributed by atoms with Crippen LogP contribution in [0.15, 0.2) is 30.5 Å². The van der Waals surface area contributed by atoms with Crippen LogP contribution in [-0.4, -0.2) is 16.8 Å². The summed E-state index contributed by atoms with van der Waals surface area (Å²) in [5, 5.41) is 7.83. The molecule has 0 amide bonds. The van der Waals surface area contributed by atoms with Gasteiger partial charge in [-0.2, -0.15) is 5.10 Å². The maximum atomic E-state index is 13.8. The third kappa shape index (κ3) is 2.48. The first-order valence-electron chi connectivity index (χ1n) is 5.23. The monoisotopic (exact) mass is 253 g/mol. The summed E-state index contributed by atoms with van der Waals surface area (Å²) in [7, 11) is 3.59. The van der Waals surface area contributed by atoms with Crippen LogP contribution in [0.2, 0.25) is 5.02 Å². The molecule has 0 fully saturated rings. The highest BCUT2D eigenvalue weighted by Gasteiger charge is 2.18. The average molecular weight is 254 g/mol. The van der Waals surface area contributed by atoms with Gasteiger partial charge in [-0.3, -0.25) is 4.68 Å². The molecular weight excluding hydrogens is 241 g/mol. The van der Waals surface area contributed by atoms with E-state index < -0.39 is 0 Å². The number of nitrogens with one attached hydrogen (secondary N) is 1. The van der Waals surface area contributed by atoms with E-state index in [1.807, 2.05) is 19.3 Å². The van der Waals surface area contributed by atoms with Crippen LogP contribution < -0.4 is 5.32 Å². The highest BCUT2D eigenvalue weighted by Crippen LogP contribution is 2.25. The zero-order valence-electron chi connectivity index (χ0n) is 9.61. The van der Waals surface area contributed by atoms with Gasteiger partial charge in [0.15, 0.2) is 0 Å². The Morgan fingerprint density at radius 3 is 2.76 bits per heavy atom. The van der Waals surface area contributed by atoms with Crippen LogP contribution in [0.1, 0.15) is 17.3 Å². The minimum Gasteiger partial charge on any atom is -0.308 e. The van der Waals surface area contributed by atoms with E-state index in [0.717, 1.165) is 5.69 Å². The molecule has 0 aliphatic rings. The Morgan fingerprint density at radius 2 is 2.18 bits per heavy atom. The van der Waals surface area contributed by atoms with Gasteiger partial charge < -0.3 is 5.32 Å². The molecule has 2 aromatic rings. The molecule has 90 valence electrons. The van der Waals surface area contributed by atoms with Crippen LogP contribution >= 0.6 is 11.6 Å². The summed E-state index contributed by atoms with van der Waals surface area (Å²) >= 11 is 5.89. The first kappa shape index (κ1) is 12.1. The smallest absolute Gasteiger partial charge is 0.128 e. The molecule has 3 nitrogen and oxygen atoms in total. The van der Waals surface area contributed by atoms with Crippen LogP contribution in [-0.2, 0) is 7.05 Å². The lowest BCUT2D eigenvalue weighted by Crippen LogP contribution is -2.19. The van der Waals surface area contributed by atoms with Crippen molar-refractivity contribution in [2.75, 3.05) is 7.05 Å². The number of halogens is 2. The highest BCUT2D eigenvalue weighted by atomic mass is 35.5. The van der Waals surface area contributed by atoms with Crippen LogP contribution in [0.3, 0.4) is 0 Å². The second kappa shape index (κ2) is 4.85. The normalized spacial score (nSPS) is 12.7. The molecule has 1 aromatic heterocycles. The fourth-order valence-corrected chi connectivity index (χ4v) is 1.97. The van der Waals surface area contributed by atoms with Gasteiger partial charge in [0.25, 0.3) is 0 Å². The standard InChI is InChI=1S/C12H13ClFN3/c1-15-12(11-5-6-17(2)16-11)9-7-8(13)3-4-10(9)14/h3-7,12,15H,1-2H3. The summed E-state index contributed by atoms with van der Waals surface area (Å²) in [6.07, 6.45) is 1.82. The van der Waals surface area contributed by atoms with Gasteiger partial charge in [0.05, 0.1) is 11.7 Å². The van der Waals surface area contributed by atoms with Gasteiger partial charge in [-0.25, -0.2) is 4.39 Å². The van der Waals surface area contributed by atoms with E-state index in [2.05, 4.69) is 10.4 Å². The fraction of sp³-hybridized carbons (Fsp3) is 0.250. The number of aromatic nitrogens is 2. The van der Waals surface area contributed by atoms with E-state index in [1.54, 1.807) is 17.8 Å².